The maximum absolute atomic E-state index is 10.6. The minimum Gasteiger partial charge on any atom is -0.298 e. The SMILES string of the molecule is Cc1ccc(C=O)c(SCC#N)c1. The topological polar surface area (TPSA) is 40.9 Å². The van der Waals surface area contributed by atoms with Gasteiger partial charge in [0.25, 0.3) is 0 Å². The van der Waals surface area contributed by atoms with Crippen LogP contribution in [-0.4, -0.2) is 12.0 Å². The molecular formula is C10H9NOS. The van der Waals surface area contributed by atoms with E-state index in [0.29, 0.717) is 11.3 Å². The number of aldehydes is 1. The largest absolute Gasteiger partial charge is 0.298 e. The van der Waals surface area contributed by atoms with Crippen LogP contribution in [0.25, 0.3) is 0 Å². The van der Waals surface area contributed by atoms with Crippen molar-refractivity contribution in [2.24, 2.45) is 0 Å². The van der Waals surface area contributed by atoms with E-state index in [4.69, 9.17) is 5.26 Å². The number of aryl methyl sites for hydroxylation is 1. The van der Waals surface area contributed by atoms with E-state index in [1.54, 1.807) is 6.07 Å². The van der Waals surface area contributed by atoms with Gasteiger partial charge in [-0.1, -0.05) is 12.1 Å². The van der Waals surface area contributed by atoms with E-state index >= 15 is 0 Å². The van der Waals surface area contributed by atoms with Crippen molar-refractivity contribution in [1.82, 2.24) is 0 Å². The number of nitriles is 1. The highest BCUT2D eigenvalue weighted by Crippen LogP contribution is 2.22. The zero-order valence-corrected chi connectivity index (χ0v) is 8.10. The van der Waals surface area contributed by atoms with Crippen molar-refractivity contribution in [3.63, 3.8) is 0 Å². The minimum absolute atomic E-state index is 0.379. The summed E-state index contributed by atoms with van der Waals surface area (Å²) in [7, 11) is 0. The summed E-state index contributed by atoms with van der Waals surface area (Å²) in [6.45, 7) is 1.96. The van der Waals surface area contributed by atoms with Crippen molar-refractivity contribution in [1.29, 1.82) is 5.26 Å². The molecule has 0 heterocycles. The van der Waals surface area contributed by atoms with E-state index in [-0.39, 0.29) is 0 Å². The summed E-state index contributed by atoms with van der Waals surface area (Å²) < 4.78 is 0. The van der Waals surface area contributed by atoms with Gasteiger partial charge in [0.2, 0.25) is 0 Å². The number of rotatable bonds is 3. The Morgan fingerprint density at radius 3 is 3.00 bits per heavy atom. The van der Waals surface area contributed by atoms with Gasteiger partial charge >= 0.3 is 0 Å². The van der Waals surface area contributed by atoms with Crippen LogP contribution in [0, 0.1) is 18.3 Å². The Kier molecular flexibility index (Phi) is 3.53. The highest BCUT2D eigenvalue weighted by atomic mass is 32.2. The Balaban J connectivity index is 2.95. The second kappa shape index (κ2) is 4.68. The van der Waals surface area contributed by atoms with Gasteiger partial charge in [0.05, 0.1) is 11.8 Å². The molecule has 0 N–H and O–H groups in total. The predicted molar refractivity (Wildman–Crippen MR) is 52.9 cm³/mol. The molecule has 0 fully saturated rings. The smallest absolute Gasteiger partial charge is 0.151 e. The van der Waals surface area contributed by atoms with Crippen LogP contribution < -0.4 is 0 Å². The number of carbonyl (C=O) groups is 1. The predicted octanol–water partition coefficient (Wildman–Crippen LogP) is 2.42. The van der Waals surface area contributed by atoms with Crippen LogP contribution >= 0.6 is 11.8 Å². The summed E-state index contributed by atoms with van der Waals surface area (Å²) in [4.78, 5) is 11.5. The summed E-state index contributed by atoms with van der Waals surface area (Å²) in [6.07, 6.45) is 0.819. The van der Waals surface area contributed by atoms with Crippen molar-refractivity contribution in [2.45, 2.75) is 11.8 Å². The molecule has 0 amide bonds. The molecule has 0 aliphatic heterocycles. The van der Waals surface area contributed by atoms with E-state index in [0.717, 1.165) is 16.7 Å². The van der Waals surface area contributed by atoms with Gasteiger partial charge < -0.3 is 0 Å². The molecular weight excluding hydrogens is 182 g/mol. The Morgan fingerprint density at radius 1 is 1.62 bits per heavy atom. The first-order valence-electron chi connectivity index (χ1n) is 3.83. The molecule has 0 radical (unpaired) electrons. The lowest BCUT2D eigenvalue weighted by Gasteiger charge is -2.02. The molecule has 0 bridgehead atoms. The van der Waals surface area contributed by atoms with Crippen LogP contribution in [0.5, 0.6) is 0 Å². The summed E-state index contributed by atoms with van der Waals surface area (Å²) in [5, 5.41) is 8.40. The van der Waals surface area contributed by atoms with Gasteiger partial charge in [0, 0.05) is 10.5 Å². The zero-order chi connectivity index (χ0) is 9.68. The Bertz CT molecular complexity index is 354. The molecule has 3 heteroatoms. The van der Waals surface area contributed by atoms with Crippen LogP contribution in [0.4, 0.5) is 0 Å². The highest BCUT2D eigenvalue weighted by molar-refractivity contribution is 7.99. The molecule has 0 spiro atoms. The first kappa shape index (κ1) is 9.82. The number of benzene rings is 1. The third-order valence-corrected chi connectivity index (χ3v) is 2.53. The van der Waals surface area contributed by atoms with Crippen LogP contribution in [-0.2, 0) is 0 Å². The van der Waals surface area contributed by atoms with Crippen molar-refractivity contribution < 1.29 is 4.79 Å². The lowest BCUT2D eigenvalue weighted by atomic mass is 10.2. The zero-order valence-electron chi connectivity index (χ0n) is 7.28. The number of carbonyl (C=O) groups excluding carboxylic acids is 1. The van der Waals surface area contributed by atoms with E-state index in [9.17, 15) is 4.79 Å². The minimum atomic E-state index is 0.379. The van der Waals surface area contributed by atoms with E-state index < -0.39 is 0 Å². The van der Waals surface area contributed by atoms with Crippen LogP contribution in [0.3, 0.4) is 0 Å². The van der Waals surface area contributed by atoms with Gasteiger partial charge in [0.1, 0.15) is 0 Å². The number of thioether (sulfide) groups is 1. The summed E-state index contributed by atoms with van der Waals surface area (Å²) in [6, 6.07) is 7.63. The summed E-state index contributed by atoms with van der Waals surface area (Å²) >= 11 is 1.39. The molecule has 1 aromatic rings. The van der Waals surface area contributed by atoms with Gasteiger partial charge in [-0.05, 0) is 18.6 Å². The lowest BCUT2D eigenvalue weighted by Crippen LogP contribution is -1.86. The molecule has 1 aromatic carbocycles. The van der Waals surface area contributed by atoms with Gasteiger partial charge in [-0.25, -0.2) is 0 Å². The maximum Gasteiger partial charge on any atom is 0.151 e. The summed E-state index contributed by atoms with van der Waals surface area (Å²) in [5.74, 6) is 0.379. The van der Waals surface area contributed by atoms with Gasteiger partial charge in [-0.15, -0.1) is 11.8 Å². The van der Waals surface area contributed by atoms with Gasteiger partial charge in [-0.3, -0.25) is 4.79 Å². The van der Waals surface area contributed by atoms with Crippen LogP contribution in [0.1, 0.15) is 15.9 Å². The quantitative estimate of drug-likeness (QED) is 0.544. The Morgan fingerprint density at radius 2 is 2.38 bits per heavy atom. The molecule has 0 atom stereocenters. The second-order valence-electron chi connectivity index (χ2n) is 2.61. The van der Waals surface area contributed by atoms with Gasteiger partial charge in [-0.2, -0.15) is 5.26 Å². The van der Waals surface area contributed by atoms with E-state index in [1.165, 1.54) is 11.8 Å². The monoisotopic (exact) mass is 191 g/mol. The molecule has 0 aliphatic carbocycles. The highest BCUT2D eigenvalue weighted by Gasteiger charge is 2.01. The molecule has 0 aromatic heterocycles. The molecule has 0 saturated carbocycles. The third kappa shape index (κ3) is 2.60. The van der Waals surface area contributed by atoms with Crippen molar-refractivity contribution in [2.75, 3.05) is 5.75 Å². The number of nitrogens with zero attached hydrogens (tertiary/aromatic N) is 1. The molecule has 2 nitrogen and oxygen atoms in total. The van der Waals surface area contributed by atoms with Crippen molar-refractivity contribution in [3.05, 3.63) is 29.3 Å². The standard InChI is InChI=1S/C10H9NOS/c1-8-2-3-9(7-12)10(6-8)13-5-4-11/h2-3,6-7H,5H2,1H3. The maximum atomic E-state index is 10.6. The molecule has 1 rings (SSSR count). The van der Waals surface area contributed by atoms with Gasteiger partial charge in [0.15, 0.2) is 6.29 Å². The normalized spacial score (nSPS) is 9.23. The molecule has 13 heavy (non-hydrogen) atoms. The second-order valence-corrected chi connectivity index (χ2v) is 3.62. The van der Waals surface area contributed by atoms with Crippen molar-refractivity contribution in [3.8, 4) is 6.07 Å². The van der Waals surface area contributed by atoms with Crippen LogP contribution in [0.2, 0.25) is 0 Å². The van der Waals surface area contributed by atoms with E-state index in [2.05, 4.69) is 0 Å². The Hall–Kier alpha value is -1.27. The van der Waals surface area contributed by atoms with Crippen molar-refractivity contribution >= 4 is 18.0 Å². The first-order valence-corrected chi connectivity index (χ1v) is 4.82. The number of hydrogen-bond donors (Lipinski definition) is 0. The van der Waals surface area contributed by atoms with E-state index in [1.807, 2.05) is 25.1 Å². The average Bonchev–Trinajstić information content (AvgIpc) is 2.15. The Labute approximate surface area is 81.6 Å². The first-order chi connectivity index (χ1) is 6.27. The number of hydrogen-bond acceptors (Lipinski definition) is 3. The fourth-order valence-electron chi connectivity index (χ4n) is 0.974. The molecule has 66 valence electrons. The molecule has 0 saturated heterocycles. The average molecular weight is 191 g/mol. The summed E-state index contributed by atoms with van der Waals surface area (Å²) in [5.41, 5.74) is 1.76. The lowest BCUT2D eigenvalue weighted by molar-refractivity contribution is 0.112. The van der Waals surface area contributed by atoms with Crippen LogP contribution in [0.15, 0.2) is 23.1 Å². The fraction of sp³-hybridized carbons (Fsp3) is 0.200. The fourth-order valence-corrected chi connectivity index (χ4v) is 1.75. The third-order valence-electron chi connectivity index (χ3n) is 1.59. The molecule has 0 unspecified atom stereocenters. The molecule has 0 aliphatic rings.